The topological polar surface area (TPSA) is 199 Å². The molecular weight excluding hydrogens is 736 g/mol. The van der Waals surface area contributed by atoms with Crippen LogP contribution in [0.3, 0.4) is 0 Å². The molecule has 2 unspecified atom stereocenters. The van der Waals surface area contributed by atoms with E-state index in [4.69, 9.17) is 11.6 Å². The molecule has 2 aromatic heterocycles. The minimum atomic E-state index is -1.15. The Hall–Kier alpha value is -6.26. The van der Waals surface area contributed by atoms with Crippen LogP contribution in [0.25, 0.3) is 22.4 Å². The van der Waals surface area contributed by atoms with Gasteiger partial charge in [0.1, 0.15) is 11.5 Å². The van der Waals surface area contributed by atoms with Crippen molar-refractivity contribution >= 4 is 63.5 Å². The number of anilines is 2. The molecule has 1 aliphatic heterocycles. The highest BCUT2D eigenvalue weighted by Crippen LogP contribution is 2.30. The summed E-state index contributed by atoms with van der Waals surface area (Å²) in [6.07, 6.45) is 0.963. The van der Waals surface area contributed by atoms with Gasteiger partial charge in [-0.1, -0.05) is 29.8 Å². The van der Waals surface area contributed by atoms with Crippen LogP contribution in [0.2, 0.25) is 5.02 Å². The normalized spacial score (nSPS) is 15.2. The molecule has 5 aromatic rings. The van der Waals surface area contributed by atoms with E-state index in [1.54, 1.807) is 30.3 Å². The van der Waals surface area contributed by atoms with E-state index in [1.807, 2.05) is 30.3 Å². The number of fused-ring (bicyclic) bond motifs is 1. The van der Waals surface area contributed by atoms with Crippen LogP contribution in [0.5, 0.6) is 0 Å². The predicted molar refractivity (Wildman–Crippen MR) is 201 cm³/mol. The van der Waals surface area contributed by atoms with Gasteiger partial charge in [0.2, 0.25) is 0 Å². The first kappa shape index (κ1) is 38.5. The van der Waals surface area contributed by atoms with Gasteiger partial charge < -0.3 is 36.9 Å². The highest BCUT2D eigenvalue weighted by atomic mass is 35.5. The molecule has 284 valence electrons. The van der Waals surface area contributed by atoms with Crippen molar-refractivity contribution in [1.82, 2.24) is 36.2 Å². The van der Waals surface area contributed by atoms with Crippen molar-refractivity contribution in [3.63, 3.8) is 0 Å². The van der Waals surface area contributed by atoms with Gasteiger partial charge in [0.05, 0.1) is 16.1 Å². The lowest BCUT2D eigenvalue weighted by molar-refractivity contribution is -0.136. The van der Waals surface area contributed by atoms with Crippen LogP contribution in [0.4, 0.5) is 20.2 Å². The van der Waals surface area contributed by atoms with Gasteiger partial charge in [-0.2, -0.15) is 0 Å². The number of hydrogen-bond acceptors (Lipinski definition) is 8. The van der Waals surface area contributed by atoms with E-state index in [0.29, 0.717) is 53.7 Å². The molecule has 55 heavy (non-hydrogen) atoms. The number of para-hydroxylation sites is 2. The van der Waals surface area contributed by atoms with E-state index < -0.39 is 41.2 Å². The fourth-order valence-corrected chi connectivity index (χ4v) is 6.22. The minimum Gasteiger partial charge on any atom is -0.351 e. The molecule has 1 saturated heterocycles. The first-order valence-corrected chi connectivity index (χ1v) is 17.8. The SMILES string of the molecule is O=C(NCCCNC(=O)c1cccc(C2CNCC(CNC(=O)C(=O)Nc3ccc(F)c(F)c3)C2)n1)C(=O)Nc1ccc(Cl)c(-c2nc3ccccc3[nH]2)c1. The van der Waals surface area contributed by atoms with Crippen molar-refractivity contribution in [2.75, 3.05) is 43.4 Å². The summed E-state index contributed by atoms with van der Waals surface area (Å²) in [5.41, 5.74) is 3.33. The minimum absolute atomic E-state index is 0.0501. The molecule has 14 nitrogen and oxygen atoms in total. The number of hydrogen-bond donors (Lipinski definition) is 7. The number of nitrogens with zero attached hydrogens (tertiary/aromatic N) is 2. The van der Waals surface area contributed by atoms with Crippen molar-refractivity contribution < 1.29 is 32.8 Å². The molecule has 0 aliphatic carbocycles. The van der Waals surface area contributed by atoms with E-state index in [-0.39, 0.29) is 42.9 Å². The van der Waals surface area contributed by atoms with Crippen molar-refractivity contribution in [2.24, 2.45) is 5.92 Å². The first-order chi connectivity index (χ1) is 26.5. The number of aromatic amines is 1. The number of pyridine rings is 1. The van der Waals surface area contributed by atoms with Crippen molar-refractivity contribution in [1.29, 1.82) is 0 Å². The fourth-order valence-electron chi connectivity index (χ4n) is 6.01. The Kier molecular flexibility index (Phi) is 12.4. The summed E-state index contributed by atoms with van der Waals surface area (Å²) in [5, 5.41) is 16.4. The number of carbonyl (C=O) groups is 5. The van der Waals surface area contributed by atoms with E-state index >= 15 is 0 Å². The molecule has 6 rings (SSSR count). The molecule has 5 amide bonds. The Morgan fingerprint density at radius 2 is 1.47 bits per heavy atom. The summed E-state index contributed by atoms with van der Waals surface area (Å²) in [7, 11) is 0. The molecule has 0 radical (unpaired) electrons. The third kappa shape index (κ3) is 10.0. The molecule has 0 bridgehead atoms. The quantitative estimate of drug-likeness (QED) is 0.0775. The van der Waals surface area contributed by atoms with Crippen LogP contribution in [0.15, 0.2) is 78.9 Å². The number of carbonyl (C=O) groups excluding carboxylic acids is 5. The smallest absolute Gasteiger partial charge is 0.313 e. The number of nitrogens with one attached hydrogen (secondary N) is 7. The van der Waals surface area contributed by atoms with Crippen LogP contribution < -0.4 is 31.9 Å². The molecule has 0 saturated carbocycles. The number of imidazole rings is 1. The number of aromatic nitrogens is 3. The van der Waals surface area contributed by atoms with E-state index in [9.17, 15) is 32.8 Å². The lowest BCUT2D eigenvalue weighted by Gasteiger charge is -2.30. The molecule has 1 fully saturated rings. The van der Waals surface area contributed by atoms with Gasteiger partial charge in [-0.15, -0.1) is 0 Å². The summed E-state index contributed by atoms with van der Waals surface area (Å²) < 4.78 is 26.6. The van der Waals surface area contributed by atoms with Crippen molar-refractivity contribution in [2.45, 2.75) is 18.8 Å². The average Bonchev–Trinajstić information content (AvgIpc) is 3.63. The summed E-state index contributed by atoms with van der Waals surface area (Å²) in [4.78, 5) is 74.8. The lowest BCUT2D eigenvalue weighted by atomic mass is 9.88. The third-order valence-electron chi connectivity index (χ3n) is 8.80. The average molecular weight is 772 g/mol. The van der Waals surface area contributed by atoms with Crippen molar-refractivity contribution in [3.8, 4) is 11.4 Å². The highest BCUT2D eigenvalue weighted by Gasteiger charge is 2.26. The lowest BCUT2D eigenvalue weighted by Crippen LogP contribution is -2.44. The zero-order valence-corrected chi connectivity index (χ0v) is 29.9. The van der Waals surface area contributed by atoms with Gasteiger partial charge in [0, 0.05) is 60.8 Å². The Bertz CT molecular complexity index is 2220. The molecular formula is C38H36ClF2N9O5. The zero-order chi connectivity index (χ0) is 38.9. The zero-order valence-electron chi connectivity index (χ0n) is 29.2. The molecule has 3 aromatic carbocycles. The molecule has 3 heterocycles. The molecule has 2 atom stereocenters. The maximum atomic E-state index is 13.4. The molecule has 1 aliphatic rings. The van der Waals surface area contributed by atoms with E-state index in [0.717, 1.165) is 29.2 Å². The van der Waals surface area contributed by atoms with E-state index in [1.165, 1.54) is 0 Å². The van der Waals surface area contributed by atoms with Crippen molar-refractivity contribution in [3.05, 3.63) is 107 Å². The highest BCUT2D eigenvalue weighted by molar-refractivity contribution is 6.40. The maximum Gasteiger partial charge on any atom is 0.313 e. The number of benzene rings is 3. The Morgan fingerprint density at radius 3 is 2.25 bits per heavy atom. The number of H-pyrrole nitrogens is 1. The standard InChI is InChI=1S/C38H36ClF2N9O5/c39-26-11-9-23(16-25(26)33-49-30-5-1-2-6-31(30)50-33)46-37(54)35(52)44-14-4-13-43-34(51)32-8-3-7-29(48-32)22-15-21(18-42-20-22)19-45-36(53)38(55)47-24-10-12-27(40)28(41)17-24/h1-3,5-12,16-17,21-22,42H,4,13-15,18-20H2,(H,43,51)(H,44,52)(H,45,53)(H,46,54)(H,47,55)(H,49,50). The second-order valence-electron chi connectivity index (χ2n) is 12.8. The fraction of sp³-hybridized carbons (Fsp3) is 0.237. The van der Waals surface area contributed by atoms with Gasteiger partial charge in [0.15, 0.2) is 11.6 Å². The molecule has 7 N–H and O–H groups in total. The maximum absolute atomic E-state index is 13.4. The van der Waals surface area contributed by atoms with Gasteiger partial charge in [-0.3, -0.25) is 24.0 Å². The second-order valence-corrected chi connectivity index (χ2v) is 13.2. The number of halogens is 3. The van der Waals surface area contributed by atoms with E-state index in [2.05, 4.69) is 46.9 Å². The van der Waals surface area contributed by atoms with Crippen LogP contribution in [-0.2, 0) is 19.2 Å². The molecule has 0 spiro atoms. The summed E-state index contributed by atoms with van der Waals surface area (Å²) in [6, 6.07) is 20.2. The monoisotopic (exact) mass is 771 g/mol. The third-order valence-corrected chi connectivity index (χ3v) is 9.13. The summed E-state index contributed by atoms with van der Waals surface area (Å²) in [5.74, 6) is -5.88. The van der Waals surface area contributed by atoms with Gasteiger partial charge in [0.25, 0.3) is 5.91 Å². The number of piperidine rings is 1. The van der Waals surface area contributed by atoms with Gasteiger partial charge in [-0.25, -0.2) is 18.7 Å². The second kappa shape index (κ2) is 17.7. The van der Waals surface area contributed by atoms with Crippen LogP contribution in [0, 0.1) is 17.6 Å². The Balaban J connectivity index is 0.912. The Morgan fingerprint density at radius 1 is 0.745 bits per heavy atom. The van der Waals surface area contributed by atoms with Crippen LogP contribution >= 0.6 is 11.6 Å². The van der Waals surface area contributed by atoms with Crippen LogP contribution in [-0.4, -0.2) is 77.2 Å². The molecule has 17 heteroatoms. The summed E-state index contributed by atoms with van der Waals surface area (Å²) in [6.45, 7) is 1.68. The Labute approximate surface area is 318 Å². The van der Waals surface area contributed by atoms with Crippen LogP contribution in [0.1, 0.15) is 34.9 Å². The predicted octanol–water partition coefficient (Wildman–Crippen LogP) is 3.88. The number of rotatable bonds is 11. The number of amides is 5. The summed E-state index contributed by atoms with van der Waals surface area (Å²) >= 11 is 6.39. The first-order valence-electron chi connectivity index (χ1n) is 17.4. The largest absolute Gasteiger partial charge is 0.351 e. The van der Waals surface area contributed by atoms with Gasteiger partial charge in [-0.05, 0) is 79.9 Å². The van der Waals surface area contributed by atoms with Gasteiger partial charge >= 0.3 is 23.6 Å².